The van der Waals surface area contributed by atoms with Crippen LogP contribution in [0.25, 0.3) is 0 Å². The van der Waals surface area contributed by atoms with Gasteiger partial charge in [-0.05, 0) is 40.2 Å². The largest absolute Gasteiger partial charge is 0.352 e. The van der Waals surface area contributed by atoms with Crippen molar-refractivity contribution in [2.24, 2.45) is 5.73 Å². The zero-order chi connectivity index (χ0) is 12.8. The maximum Gasteiger partial charge on any atom is 0.244 e. The SMILES string of the molecule is CC(C)NC(=O)C(C)n1cc(CCCN)nn1. The number of carbonyl (C=O) groups excluding carboxylic acids is 1. The lowest BCUT2D eigenvalue weighted by Gasteiger charge is -2.13. The maximum atomic E-state index is 11.8. The number of hydrogen-bond donors (Lipinski definition) is 2. The van der Waals surface area contributed by atoms with Crippen molar-refractivity contribution in [3.05, 3.63) is 11.9 Å². The summed E-state index contributed by atoms with van der Waals surface area (Å²) in [6, 6.07) is -0.207. The number of aromatic nitrogens is 3. The van der Waals surface area contributed by atoms with Crippen LogP contribution in [-0.4, -0.2) is 33.5 Å². The van der Waals surface area contributed by atoms with Gasteiger partial charge in [-0.1, -0.05) is 5.21 Å². The lowest BCUT2D eigenvalue weighted by atomic mass is 10.2. The highest BCUT2D eigenvalue weighted by Gasteiger charge is 2.16. The molecule has 0 fully saturated rings. The van der Waals surface area contributed by atoms with E-state index in [1.165, 1.54) is 0 Å². The molecule has 17 heavy (non-hydrogen) atoms. The molecule has 0 aromatic carbocycles. The fourth-order valence-corrected chi connectivity index (χ4v) is 1.43. The smallest absolute Gasteiger partial charge is 0.244 e. The lowest BCUT2D eigenvalue weighted by molar-refractivity contribution is -0.124. The Hall–Kier alpha value is -1.43. The van der Waals surface area contributed by atoms with Gasteiger partial charge in [0, 0.05) is 12.2 Å². The molecule has 1 heterocycles. The molecule has 3 N–H and O–H groups in total. The van der Waals surface area contributed by atoms with E-state index >= 15 is 0 Å². The molecule has 0 spiro atoms. The van der Waals surface area contributed by atoms with E-state index in [-0.39, 0.29) is 18.0 Å². The van der Waals surface area contributed by atoms with Gasteiger partial charge in [0.1, 0.15) is 6.04 Å². The molecule has 0 aliphatic rings. The molecule has 0 aliphatic carbocycles. The Labute approximate surface area is 102 Å². The Morgan fingerprint density at radius 3 is 2.82 bits per heavy atom. The molecule has 1 aromatic heterocycles. The van der Waals surface area contributed by atoms with Crippen molar-refractivity contribution in [1.29, 1.82) is 0 Å². The standard InChI is InChI=1S/C11H21N5O/c1-8(2)13-11(17)9(3)16-7-10(14-15-16)5-4-6-12/h7-9H,4-6,12H2,1-3H3,(H,13,17). The summed E-state index contributed by atoms with van der Waals surface area (Å²) in [5.74, 6) is -0.0460. The van der Waals surface area contributed by atoms with Gasteiger partial charge in [0.05, 0.1) is 5.69 Å². The predicted octanol–water partition coefficient (Wildman–Crippen LogP) is 0.255. The molecule has 1 rings (SSSR count). The molecule has 0 radical (unpaired) electrons. The fourth-order valence-electron chi connectivity index (χ4n) is 1.43. The molecule has 0 saturated carbocycles. The first-order chi connectivity index (χ1) is 8.04. The highest BCUT2D eigenvalue weighted by molar-refractivity contribution is 5.79. The molecule has 0 aliphatic heterocycles. The summed E-state index contributed by atoms with van der Waals surface area (Å²) < 4.78 is 1.59. The Balaban J connectivity index is 2.59. The third kappa shape index (κ3) is 4.14. The van der Waals surface area contributed by atoms with Crippen LogP contribution in [0.5, 0.6) is 0 Å². The Bertz CT molecular complexity index is 360. The number of hydrogen-bond acceptors (Lipinski definition) is 4. The average Bonchev–Trinajstić information content (AvgIpc) is 2.72. The number of nitrogens with two attached hydrogens (primary N) is 1. The zero-order valence-corrected chi connectivity index (χ0v) is 10.7. The van der Waals surface area contributed by atoms with Crippen LogP contribution >= 0.6 is 0 Å². The molecular weight excluding hydrogens is 218 g/mol. The van der Waals surface area contributed by atoms with Crippen LogP contribution in [0.4, 0.5) is 0 Å². The minimum Gasteiger partial charge on any atom is -0.352 e. The van der Waals surface area contributed by atoms with Crippen LogP contribution < -0.4 is 11.1 Å². The maximum absolute atomic E-state index is 11.8. The number of nitrogens with zero attached hydrogens (tertiary/aromatic N) is 3. The Kier molecular flexibility index (Phi) is 5.09. The lowest BCUT2D eigenvalue weighted by Crippen LogP contribution is -2.35. The van der Waals surface area contributed by atoms with Crippen molar-refractivity contribution in [2.45, 2.75) is 45.7 Å². The van der Waals surface area contributed by atoms with Crippen molar-refractivity contribution < 1.29 is 4.79 Å². The number of aryl methyl sites for hydroxylation is 1. The van der Waals surface area contributed by atoms with Crippen LogP contribution in [0.3, 0.4) is 0 Å². The van der Waals surface area contributed by atoms with Gasteiger partial charge in [0.15, 0.2) is 0 Å². The van der Waals surface area contributed by atoms with Crippen molar-refractivity contribution in [1.82, 2.24) is 20.3 Å². The molecule has 96 valence electrons. The molecule has 1 aromatic rings. The third-order valence-electron chi connectivity index (χ3n) is 2.40. The van der Waals surface area contributed by atoms with Crippen LogP contribution in [0, 0.1) is 0 Å². The van der Waals surface area contributed by atoms with Crippen LogP contribution in [0.2, 0.25) is 0 Å². The number of nitrogens with one attached hydrogen (secondary N) is 1. The minimum absolute atomic E-state index is 0.0460. The fraction of sp³-hybridized carbons (Fsp3) is 0.727. The van der Waals surface area contributed by atoms with E-state index < -0.39 is 0 Å². The highest BCUT2D eigenvalue weighted by Crippen LogP contribution is 2.06. The molecule has 6 heteroatoms. The second-order valence-electron chi connectivity index (χ2n) is 4.42. The second-order valence-corrected chi connectivity index (χ2v) is 4.42. The average molecular weight is 239 g/mol. The van der Waals surface area contributed by atoms with Gasteiger partial charge in [-0.3, -0.25) is 4.79 Å². The van der Waals surface area contributed by atoms with Crippen LogP contribution in [0.1, 0.15) is 38.9 Å². The second kappa shape index (κ2) is 6.34. The molecule has 0 bridgehead atoms. The van der Waals surface area contributed by atoms with Crippen molar-refractivity contribution in [3.63, 3.8) is 0 Å². The van der Waals surface area contributed by atoms with Crippen molar-refractivity contribution >= 4 is 5.91 Å². The molecule has 1 amide bonds. The molecule has 1 atom stereocenters. The van der Waals surface area contributed by atoms with Gasteiger partial charge < -0.3 is 11.1 Å². The molecule has 0 saturated heterocycles. The number of amides is 1. The van der Waals surface area contributed by atoms with E-state index in [9.17, 15) is 4.79 Å². The van der Waals surface area contributed by atoms with Crippen LogP contribution in [0.15, 0.2) is 6.20 Å². The van der Waals surface area contributed by atoms with Crippen LogP contribution in [-0.2, 0) is 11.2 Å². The first-order valence-electron chi connectivity index (χ1n) is 5.95. The summed E-state index contributed by atoms with van der Waals surface area (Å²) in [6.07, 6.45) is 3.49. The van der Waals surface area contributed by atoms with E-state index in [0.29, 0.717) is 6.54 Å². The predicted molar refractivity (Wildman–Crippen MR) is 65.4 cm³/mol. The summed E-state index contributed by atoms with van der Waals surface area (Å²) in [4.78, 5) is 11.8. The molecule has 1 unspecified atom stereocenters. The quantitative estimate of drug-likeness (QED) is 0.745. The summed E-state index contributed by atoms with van der Waals surface area (Å²) >= 11 is 0. The number of carbonyl (C=O) groups is 1. The van der Waals surface area contributed by atoms with Gasteiger partial charge in [0.2, 0.25) is 5.91 Å². The van der Waals surface area contributed by atoms with Gasteiger partial charge in [-0.25, -0.2) is 4.68 Å². The molecular formula is C11H21N5O. The topological polar surface area (TPSA) is 85.8 Å². The van der Waals surface area contributed by atoms with Crippen molar-refractivity contribution in [3.8, 4) is 0 Å². The number of rotatable bonds is 6. The first-order valence-corrected chi connectivity index (χ1v) is 5.95. The van der Waals surface area contributed by atoms with E-state index in [0.717, 1.165) is 18.5 Å². The highest BCUT2D eigenvalue weighted by atomic mass is 16.2. The monoisotopic (exact) mass is 239 g/mol. The van der Waals surface area contributed by atoms with E-state index in [2.05, 4.69) is 15.6 Å². The van der Waals surface area contributed by atoms with E-state index in [1.54, 1.807) is 17.8 Å². The van der Waals surface area contributed by atoms with Gasteiger partial charge in [0.25, 0.3) is 0 Å². The van der Waals surface area contributed by atoms with Gasteiger partial charge in [-0.2, -0.15) is 0 Å². The van der Waals surface area contributed by atoms with Gasteiger partial charge >= 0.3 is 0 Å². The summed E-state index contributed by atoms with van der Waals surface area (Å²) in [7, 11) is 0. The Morgan fingerprint density at radius 1 is 1.53 bits per heavy atom. The first kappa shape index (κ1) is 13.6. The van der Waals surface area contributed by atoms with Crippen molar-refractivity contribution in [2.75, 3.05) is 6.54 Å². The third-order valence-corrected chi connectivity index (χ3v) is 2.40. The summed E-state index contributed by atoms with van der Waals surface area (Å²) in [6.45, 7) is 6.30. The normalized spacial score (nSPS) is 12.8. The van der Waals surface area contributed by atoms with E-state index in [1.807, 2.05) is 13.8 Å². The summed E-state index contributed by atoms with van der Waals surface area (Å²) in [5.41, 5.74) is 6.30. The minimum atomic E-state index is -0.337. The Morgan fingerprint density at radius 2 is 2.24 bits per heavy atom. The van der Waals surface area contributed by atoms with Gasteiger partial charge in [-0.15, -0.1) is 5.10 Å². The van der Waals surface area contributed by atoms with E-state index in [4.69, 9.17) is 5.73 Å². The zero-order valence-electron chi connectivity index (χ0n) is 10.7. The summed E-state index contributed by atoms with van der Waals surface area (Å²) in [5, 5.41) is 10.8. The molecule has 6 nitrogen and oxygen atoms in total.